The number of ether oxygens (including phenoxy) is 1. The molecule has 2 aromatic heterocycles. The molecule has 1 saturated heterocycles. The van der Waals surface area contributed by atoms with Crippen molar-refractivity contribution in [2.45, 2.75) is 6.42 Å². The number of hydrogen-bond donors (Lipinski definition) is 1. The Morgan fingerprint density at radius 1 is 1.29 bits per heavy atom. The lowest BCUT2D eigenvalue weighted by molar-refractivity contribution is 0.0603. The average Bonchev–Trinajstić information content (AvgIpc) is 3.22. The number of rotatable bonds is 7. The quantitative estimate of drug-likeness (QED) is 0.425. The minimum absolute atomic E-state index is 0.355. The van der Waals surface area contributed by atoms with Crippen LogP contribution in [-0.2, 0) is 4.74 Å². The molecule has 7 nitrogen and oxygen atoms in total. The fraction of sp³-hybridized carbons (Fsp3) is 0.409. The molecule has 3 heterocycles. The van der Waals surface area contributed by atoms with Crippen LogP contribution in [0.3, 0.4) is 0 Å². The van der Waals surface area contributed by atoms with Gasteiger partial charge in [0.1, 0.15) is 5.69 Å². The van der Waals surface area contributed by atoms with Crippen molar-refractivity contribution in [2.24, 2.45) is 0 Å². The Hall–Kier alpha value is -2.26. The van der Waals surface area contributed by atoms with Gasteiger partial charge >= 0.3 is 5.97 Å². The van der Waals surface area contributed by atoms with Crippen LogP contribution in [0.15, 0.2) is 30.5 Å². The molecule has 1 aliphatic heterocycles. The second-order valence-corrected chi connectivity index (χ2v) is 9.13. The predicted molar refractivity (Wildman–Crippen MR) is 126 cm³/mol. The normalized spacial score (nSPS) is 15.3. The monoisotopic (exact) mass is 459 g/mol. The molecule has 0 unspecified atom stereocenters. The molecule has 0 spiro atoms. The fourth-order valence-electron chi connectivity index (χ4n) is 3.66. The lowest BCUT2D eigenvalue weighted by Gasteiger charge is -2.32. The van der Waals surface area contributed by atoms with Gasteiger partial charge in [-0.3, -0.25) is 0 Å². The molecule has 0 saturated carbocycles. The van der Waals surface area contributed by atoms with Crippen molar-refractivity contribution in [1.82, 2.24) is 19.8 Å². The third-order valence-electron chi connectivity index (χ3n) is 5.47. The van der Waals surface area contributed by atoms with Crippen molar-refractivity contribution in [3.05, 3.63) is 41.0 Å². The largest absolute Gasteiger partial charge is 0.465 e. The van der Waals surface area contributed by atoms with E-state index in [9.17, 15) is 4.79 Å². The van der Waals surface area contributed by atoms with Gasteiger partial charge in [-0.1, -0.05) is 17.7 Å². The smallest absolute Gasteiger partial charge is 0.338 e. The summed E-state index contributed by atoms with van der Waals surface area (Å²) in [7, 11) is 3.55. The summed E-state index contributed by atoms with van der Waals surface area (Å²) in [6.45, 7) is 6.36. The molecule has 1 N–H and O–H groups in total. The van der Waals surface area contributed by atoms with Crippen LogP contribution in [0.5, 0.6) is 0 Å². The molecule has 0 aliphatic carbocycles. The van der Waals surface area contributed by atoms with Gasteiger partial charge in [-0.05, 0) is 38.2 Å². The Kier molecular flexibility index (Phi) is 7.02. The van der Waals surface area contributed by atoms with Gasteiger partial charge in [0.2, 0.25) is 5.95 Å². The molecule has 1 fully saturated rings. The van der Waals surface area contributed by atoms with E-state index in [4.69, 9.17) is 16.3 Å². The van der Waals surface area contributed by atoms with Gasteiger partial charge in [-0.25, -0.2) is 14.8 Å². The Labute approximate surface area is 191 Å². The van der Waals surface area contributed by atoms with Crippen LogP contribution in [0.1, 0.15) is 16.8 Å². The number of methoxy groups -OCH3 is 1. The number of fused-ring (bicyclic) bond motifs is 1. The number of hydrogen-bond acceptors (Lipinski definition) is 8. The summed E-state index contributed by atoms with van der Waals surface area (Å²) in [6, 6.07) is 7.53. The summed E-state index contributed by atoms with van der Waals surface area (Å²) in [5.41, 5.74) is 1.20. The second-order valence-electron chi connectivity index (χ2n) is 7.64. The first-order valence-corrected chi connectivity index (χ1v) is 11.5. The van der Waals surface area contributed by atoms with Gasteiger partial charge < -0.3 is 19.9 Å². The number of piperazine rings is 1. The number of nitrogens with one attached hydrogen (secondary N) is 1. The molecule has 1 aliphatic rings. The maximum Gasteiger partial charge on any atom is 0.338 e. The van der Waals surface area contributed by atoms with Gasteiger partial charge in [-0.2, -0.15) is 0 Å². The van der Waals surface area contributed by atoms with Gasteiger partial charge in [0, 0.05) is 42.8 Å². The average molecular weight is 460 g/mol. The molecule has 0 bridgehead atoms. The number of carbonyl (C=O) groups is 1. The Balaban J connectivity index is 1.45. The first kappa shape index (κ1) is 22.0. The van der Waals surface area contributed by atoms with E-state index in [1.165, 1.54) is 7.11 Å². The molecule has 1 aromatic carbocycles. The standard InChI is InChI=1S/C22H26ClN5O2S/c1-27-9-11-28(12-10-27)8-4-7-24-22-25-14-17(23)20(26-22)19-13-16-15(21(29)30-2)5-3-6-18(16)31-19/h3,5-6,13-14H,4,7-12H2,1-2H3,(H,24,25,26). The number of carbonyl (C=O) groups excluding carboxylic acids is 1. The van der Waals surface area contributed by atoms with E-state index in [2.05, 4.69) is 32.1 Å². The number of anilines is 1. The van der Waals surface area contributed by atoms with E-state index in [0.29, 0.717) is 22.2 Å². The Morgan fingerprint density at radius 3 is 2.87 bits per heavy atom. The van der Waals surface area contributed by atoms with E-state index in [-0.39, 0.29) is 5.97 Å². The lowest BCUT2D eigenvalue weighted by Crippen LogP contribution is -2.44. The van der Waals surface area contributed by atoms with Crippen molar-refractivity contribution in [3.63, 3.8) is 0 Å². The van der Waals surface area contributed by atoms with E-state index >= 15 is 0 Å². The predicted octanol–water partition coefficient (Wildman–Crippen LogP) is 3.85. The second kappa shape index (κ2) is 9.91. The van der Waals surface area contributed by atoms with Crippen LogP contribution in [0.25, 0.3) is 20.7 Å². The highest BCUT2D eigenvalue weighted by Gasteiger charge is 2.17. The SMILES string of the molecule is COC(=O)c1cccc2sc(-c3nc(NCCCN4CCN(C)CC4)ncc3Cl)cc12. The van der Waals surface area contributed by atoms with Gasteiger partial charge in [-0.15, -0.1) is 11.3 Å². The minimum atomic E-state index is -0.355. The summed E-state index contributed by atoms with van der Waals surface area (Å²) in [4.78, 5) is 26.8. The number of benzene rings is 1. The molecule has 4 rings (SSSR count). The summed E-state index contributed by atoms with van der Waals surface area (Å²) in [5, 5.41) is 4.63. The maximum absolute atomic E-state index is 12.1. The molecule has 0 amide bonds. The van der Waals surface area contributed by atoms with Crippen molar-refractivity contribution in [1.29, 1.82) is 0 Å². The van der Waals surface area contributed by atoms with Crippen molar-refractivity contribution >= 4 is 44.9 Å². The zero-order valence-electron chi connectivity index (χ0n) is 17.7. The highest BCUT2D eigenvalue weighted by molar-refractivity contribution is 7.22. The zero-order valence-corrected chi connectivity index (χ0v) is 19.3. The molecule has 164 valence electrons. The number of nitrogens with zero attached hydrogens (tertiary/aromatic N) is 4. The number of thiophene rings is 1. The summed E-state index contributed by atoms with van der Waals surface area (Å²) in [5.74, 6) is 0.204. The number of esters is 1. The van der Waals surface area contributed by atoms with Crippen molar-refractivity contribution < 1.29 is 9.53 Å². The zero-order chi connectivity index (χ0) is 21.8. The third kappa shape index (κ3) is 5.15. The summed E-state index contributed by atoms with van der Waals surface area (Å²) >= 11 is 7.96. The van der Waals surface area contributed by atoms with Crippen LogP contribution in [0, 0.1) is 0 Å². The molecular formula is C22H26ClN5O2S. The minimum Gasteiger partial charge on any atom is -0.465 e. The van der Waals surface area contributed by atoms with Crippen LogP contribution < -0.4 is 5.32 Å². The lowest BCUT2D eigenvalue weighted by atomic mass is 10.1. The van der Waals surface area contributed by atoms with Crippen LogP contribution >= 0.6 is 22.9 Å². The van der Waals surface area contributed by atoms with Gasteiger partial charge in [0.25, 0.3) is 0 Å². The first-order valence-electron chi connectivity index (χ1n) is 10.3. The van der Waals surface area contributed by atoms with E-state index < -0.39 is 0 Å². The van der Waals surface area contributed by atoms with Crippen LogP contribution in [-0.4, -0.2) is 79.2 Å². The van der Waals surface area contributed by atoms with E-state index in [1.54, 1.807) is 23.6 Å². The van der Waals surface area contributed by atoms with E-state index in [0.717, 1.165) is 60.7 Å². The van der Waals surface area contributed by atoms with Crippen LogP contribution in [0.2, 0.25) is 5.02 Å². The fourth-order valence-corrected chi connectivity index (χ4v) is 5.01. The van der Waals surface area contributed by atoms with Crippen molar-refractivity contribution in [3.8, 4) is 10.6 Å². The molecular weight excluding hydrogens is 434 g/mol. The molecule has 0 radical (unpaired) electrons. The van der Waals surface area contributed by atoms with Gasteiger partial charge in [0.15, 0.2) is 0 Å². The highest BCUT2D eigenvalue weighted by atomic mass is 35.5. The molecule has 9 heteroatoms. The first-order chi connectivity index (χ1) is 15.0. The Morgan fingerprint density at radius 2 is 2.10 bits per heavy atom. The Bertz CT molecular complexity index is 1070. The third-order valence-corrected chi connectivity index (χ3v) is 6.86. The molecule has 31 heavy (non-hydrogen) atoms. The topological polar surface area (TPSA) is 70.6 Å². The number of likely N-dealkylation sites (N-methyl/N-ethyl adjacent to an activating group) is 1. The summed E-state index contributed by atoms with van der Waals surface area (Å²) in [6.07, 6.45) is 2.65. The maximum atomic E-state index is 12.1. The summed E-state index contributed by atoms with van der Waals surface area (Å²) < 4.78 is 5.89. The molecule has 3 aromatic rings. The highest BCUT2D eigenvalue weighted by Crippen LogP contribution is 2.37. The number of halogens is 1. The van der Waals surface area contributed by atoms with Crippen LogP contribution in [0.4, 0.5) is 5.95 Å². The van der Waals surface area contributed by atoms with Crippen molar-refractivity contribution in [2.75, 3.05) is 58.7 Å². The number of aromatic nitrogens is 2. The van der Waals surface area contributed by atoms with E-state index in [1.807, 2.05) is 18.2 Å². The molecule has 0 atom stereocenters. The van der Waals surface area contributed by atoms with Gasteiger partial charge in [0.05, 0.1) is 28.8 Å².